The Kier molecular flexibility index (Phi) is 5.29. The predicted octanol–water partition coefficient (Wildman–Crippen LogP) is 2.70. The number of benzene rings is 1. The fourth-order valence-corrected chi connectivity index (χ4v) is 1.88. The first-order valence-electron chi connectivity index (χ1n) is 6.76. The SMILES string of the molecule is COCCNc1ccc(NC(=O)c2ccccc2C)cn1. The van der Waals surface area contributed by atoms with Crippen LogP contribution in [0.1, 0.15) is 15.9 Å². The summed E-state index contributed by atoms with van der Waals surface area (Å²) in [6, 6.07) is 11.1. The van der Waals surface area contributed by atoms with E-state index in [2.05, 4.69) is 15.6 Å². The number of rotatable bonds is 6. The van der Waals surface area contributed by atoms with E-state index in [0.29, 0.717) is 24.4 Å². The highest BCUT2D eigenvalue weighted by Crippen LogP contribution is 2.13. The lowest BCUT2D eigenvalue weighted by Crippen LogP contribution is -2.14. The smallest absolute Gasteiger partial charge is 0.255 e. The van der Waals surface area contributed by atoms with Crippen molar-refractivity contribution < 1.29 is 9.53 Å². The monoisotopic (exact) mass is 285 g/mol. The first-order chi connectivity index (χ1) is 10.2. The lowest BCUT2D eigenvalue weighted by Gasteiger charge is -2.08. The number of amides is 1. The summed E-state index contributed by atoms with van der Waals surface area (Å²) in [5.74, 6) is 0.621. The van der Waals surface area contributed by atoms with Crippen molar-refractivity contribution in [2.24, 2.45) is 0 Å². The van der Waals surface area contributed by atoms with Crippen LogP contribution in [0.5, 0.6) is 0 Å². The molecule has 1 heterocycles. The zero-order chi connectivity index (χ0) is 15.1. The Labute approximate surface area is 124 Å². The van der Waals surface area contributed by atoms with Crippen molar-refractivity contribution in [3.8, 4) is 0 Å². The highest BCUT2D eigenvalue weighted by atomic mass is 16.5. The molecule has 1 aromatic carbocycles. The number of pyridine rings is 1. The molecular formula is C16H19N3O2. The maximum atomic E-state index is 12.2. The zero-order valence-corrected chi connectivity index (χ0v) is 12.2. The average Bonchev–Trinajstić information content (AvgIpc) is 2.49. The average molecular weight is 285 g/mol. The lowest BCUT2D eigenvalue weighted by molar-refractivity contribution is 0.102. The minimum absolute atomic E-state index is 0.130. The Morgan fingerprint density at radius 1 is 1.24 bits per heavy atom. The predicted molar refractivity (Wildman–Crippen MR) is 83.7 cm³/mol. The van der Waals surface area contributed by atoms with Crippen LogP contribution >= 0.6 is 0 Å². The molecule has 0 aliphatic carbocycles. The summed E-state index contributed by atoms with van der Waals surface area (Å²) in [4.78, 5) is 16.4. The molecule has 5 heteroatoms. The van der Waals surface area contributed by atoms with Gasteiger partial charge in [0.2, 0.25) is 0 Å². The van der Waals surface area contributed by atoms with E-state index in [-0.39, 0.29) is 5.91 Å². The Hall–Kier alpha value is -2.40. The maximum Gasteiger partial charge on any atom is 0.255 e. The van der Waals surface area contributed by atoms with Crippen LogP contribution in [0.2, 0.25) is 0 Å². The molecule has 0 aliphatic rings. The third-order valence-corrected chi connectivity index (χ3v) is 3.02. The minimum Gasteiger partial charge on any atom is -0.383 e. The van der Waals surface area contributed by atoms with Gasteiger partial charge in [0.1, 0.15) is 5.82 Å². The summed E-state index contributed by atoms with van der Waals surface area (Å²) < 4.78 is 4.95. The summed E-state index contributed by atoms with van der Waals surface area (Å²) >= 11 is 0. The number of carbonyl (C=O) groups excluding carboxylic acids is 1. The van der Waals surface area contributed by atoms with Gasteiger partial charge in [0, 0.05) is 19.2 Å². The second-order valence-corrected chi connectivity index (χ2v) is 4.62. The first kappa shape index (κ1) is 15.0. The van der Waals surface area contributed by atoms with E-state index >= 15 is 0 Å². The van der Waals surface area contributed by atoms with Crippen molar-refractivity contribution in [3.63, 3.8) is 0 Å². The number of anilines is 2. The number of carbonyl (C=O) groups is 1. The molecule has 0 spiro atoms. The number of nitrogens with zero attached hydrogens (tertiary/aromatic N) is 1. The molecule has 110 valence electrons. The lowest BCUT2D eigenvalue weighted by atomic mass is 10.1. The van der Waals surface area contributed by atoms with Crippen LogP contribution in [0.15, 0.2) is 42.6 Å². The number of aromatic nitrogens is 1. The van der Waals surface area contributed by atoms with Crippen LogP contribution in [-0.2, 0) is 4.74 Å². The minimum atomic E-state index is -0.130. The van der Waals surface area contributed by atoms with Crippen molar-refractivity contribution in [1.29, 1.82) is 0 Å². The topological polar surface area (TPSA) is 63.2 Å². The van der Waals surface area contributed by atoms with Gasteiger partial charge in [-0.1, -0.05) is 18.2 Å². The molecule has 0 bridgehead atoms. The Morgan fingerprint density at radius 2 is 2.05 bits per heavy atom. The van der Waals surface area contributed by atoms with Crippen LogP contribution in [0.25, 0.3) is 0 Å². The number of aryl methyl sites for hydroxylation is 1. The summed E-state index contributed by atoms with van der Waals surface area (Å²) in [6.07, 6.45) is 1.63. The van der Waals surface area contributed by atoms with Crippen LogP contribution in [0, 0.1) is 6.92 Å². The number of hydrogen-bond acceptors (Lipinski definition) is 4. The summed E-state index contributed by atoms with van der Waals surface area (Å²) in [7, 11) is 1.65. The summed E-state index contributed by atoms with van der Waals surface area (Å²) in [5, 5.41) is 5.96. The Balaban J connectivity index is 1.97. The van der Waals surface area contributed by atoms with E-state index < -0.39 is 0 Å². The molecule has 2 rings (SSSR count). The molecular weight excluding hydrogens is 266 g/mol. The van der Waals surface area contributed by atoms with E-state index in [1.54, 1.807) is 19.4 Å². The molecule has 0 aliphatic heterocycles. The molecule has 0 saturated heterocycles. The molecule has 1 amide bonds. The van der Waals surface area contributed by atoms with E-state index in [1.165, 1.54) is 0 Å². The molecule has 0 atom stereocenters. The van der Waals surface area contributed by atoms with Crippen molar-refractivity contribution >= 4 is 17.4 Å². The molecule has 1 aromatic heterocycles. The largest absolute Gasteiger partial charge is 0.383 e. The van der Waals surface area contributed by atoms with Crippen LogP contribution < -0.4 is 10.6 Å². The van der Waals surface area contributed by atoms with Gasteiger partial charge >= 0.3 is 0 Å². The Morgan fingerprint density at radius 3 is 2.71 bits per heavy atom. The highest BCUT2D eigenvalue weighted by molar-refractivity contribution is 6.05. The first-order valence-corrected chi connectivity index (χ1v) is 6.76. The van der Waals surface area contributed by atoms with E-state index in [0.717, 1.165) is 11.4 Å². The standard InChI is InChI=1S/C16H19N3O2/c1-12-5-3-4-6-14(12)16(20)19-13-7-8-15(18-11-13)17-9-10-21-2/h3-8,11H,9-10H2,1-2H3,(H,17,18)(H,19,20). The van der Waals surface area contributed by atoms with Crippen molar-refractivity contribution in [3.05, 3.63) is 53.7 Å². The van der Waals surface area contributed by atoms with E-state index in [9.17, 15) is 4.79 Å². The maximum absolute atomic E-state index is 12.2. The van der Waals surface area contributed by atoms with Crippen molar-refractivity contribution in [1.82, 2.24) is 4.98 Å². The summed E-state index contributed by atoms with van der Waals surface area (Å²) in [5.41, 5.74) is 2.28. The van der Waals surface area contributed by atoms with Gasteiger partial charge in [-0.25, -0.2) is 4.98 Å². The van der Waals surface area contributed by atoms with Gasteiger partial charge in [0.05, 0.1) is 18.5 Å². The van der Waals surface area contributed by atoms with Gasteiger partial charge in [0.15, 0.2) is 0 Å². The number of ether oxygens (including phenoxy) is 1. The molecule has 21 heavy (non-hydrogen) atoms. The fourth-order valence-electron chi connectivity index (χ4n) is 1.88. The van der Waals surface area contributed by atoms with Crippen molar-refractivity contribution in [2.45, 2.75) is 6.92 Å². The van der Waals surface area contributed by atoms with Crippen LogP contribution in [0.4, 0.5) is 11.5 Å². The number of nitrogens with one attached hydrogen (secondary N) is 2. The van der Waals surface area contributed by atoms with Gasteiger partial charge in [-0.3, -0.25) is 4.79 Å². The van der Waals surface area contributed by atoms with E-state index in [4.69, 9.17) is 4.74 Å². The van der Waals surface area contributed by atoms with Gasteiger partial charge in [-0.15, -0.1) is 0 Å². The molecule has 5 nitrogen and oxygen atoms in total. The number of hydrogen-bond donors (Lipinski definition) is 2. The number of methoxy groups -OCH3 is 1. The quantitative estimate of drug-likeness (QED) is 0.801. The molecule has 2 aromatic rings. The molecule has 0 unspecified atom stereocenters. The van der Waals surface area contributed by atoms with Gasteiger partial charge in [0.25, 0.3) is 5.91 Å². The molecule has 2 N–H and O–H groups in total. The van der Waals surface area contributed by atoms with Crippen molar-refractivity contribution in [2.75, 3.05) is 30.9 Å². The molecule has 0 fully saturated rings. The molecule has 0 radical (unpaired) electrons. The third-order valence-electron chi connectivity index (χ3n) is 3.02. The Bertz CT molecular complexity index is 597. The van der Waals surface area contributed by atoms with Gasteiger partial charge < -0.3 is 15.4 Å². The van der Waals surface area contributed by atoms with Crippen LogP contribution in [-0.4, -0.2) is 31.2 Å². The summed E-state index contributed by atoms with van der Waals surface area (Å²) in [6.45, 7) is 3.22. The second-order valence-electron chi connectivity index (χ2n) is 4.62. The van der Waals surface area contributed by atoms with Gasteiger partial charge in [-0.2, -0.15) is 0 Å². The zero-order valence-electron chi connectivity index (χ0n) is 12.2. The highest BCUT2D eigenvalue weighted by Gasteiger charge is 2.08. The van der Waals surface area contributed by atoms with E-state index in [1.807, 2.05) is 37.3 Å². The second kappa shape index (κ2) is 7.40. The van der Waals surface area contributed by atoms with Gasteiger partial charge in [-0.05, 0) is 30.7 Å². The third kappa shape index (κ3) is 4.29. The fraction of sp³-hybridized carbons (Fsp3) is 0.250. The molecule has 0 saturated carbocycles. The normalized spacial score (nSPS) is 10.2. The van der Waals surface area contributed by atoms with Crippen LogP contribution in [0.3, 0.4) is 0 Å².